The Morgan fingerprint density at radius 1 is 1.26 bits per heavy atom. The second-order valence-electron chi connectivity index (χ2n) is 5.92. The van der Waals surface area contributed by atoms with Gasteiger partial charge in [-0.3, -0.25) is 9.78 Å². The molecule has 1 aliphatic carbocycles. The molecular weight excluding hydrogens is 292 g/mol. The van der Waals surface area contributed by atoms with Gasteiger partial charge in [-0.05, 0) is 42.0 Å². The molecule has 23 heavy (non-hydrogen) atoms. The third-order valence-electron chi connectivity index (χ3n) is 4.53. The van der Waals surface area contributed by atoms with Crippen molar-refractivity contribution < 1.29 is 4.79 Å². The first-order chi connectivity index (χ1) is 11.1. The summed E-state index contributed by atoms with van der Waals surface area (Å²) in [5.74, 6) is -0.461. The van der Waals surface area contributed by atoms with Crippen LogP contribution in [-0.4, -0.2) is 20.9 Å². The number of pyridine rings is 1. The highest BCUT2D eigenvalue weighted by Crippen LogP contribution is 2.35. The molecule has 2 aromatic heterocycles. The van der Waals surface area contributed by atoms with E-state index in [1.807, 2.05) is 18.2 Å². The van der Waals surface area contributed by atoms with E-state index in [0.717, 1.165) is 41.5 Å². The SMILES string of the molecule is NC(=O)C1CCCc2cc(-c3ccnc4[nH]c(=O)[nH]c34)ccc21. The third-order valence-corrected chi connectivity index (χ3v) is 4.53. The minimum absolute atomic E-state index is 0.197. The van der Waals surface area contributed by atoms with Gasteiger partial charge in [0.25, 0.3) is 0 Å². The number of rotatable bonds is 2. The largest absolute Gasteiger partial charge is 0.369 e. The van der Waals surface area contributed by atoms with Crippen LogP contribution in [0.3, 0.4) is 0 Å². The van der Waals surface area contributed by atoms with Crippen molar-refractivity contribution in [3.8, 4) is 11.1 Å². The van der Waals surface area contributed by atoms with Crippen LogP contribution in [0, 0.1) is 0 Å². The number of aromatic nitrogens is 3. The number of carbonyl (C=O) groups excluding carboxylic acids is 1. The Hall–Kier alpha value is -2.89. The van der Waals surface area contributed by atoms with Crippen LogP contribution in [0.1, 0.15) is 29.9 Å². The van der Waals surface area contributed by atoms with Crippen LogP contribution in [-0.2, 0) is 11.2 Å². The molecule has 6 heteroatoms. The van der Waals surface area contributed by atoms with Crippen molar-refractivity contribution in [1.82, 2.24) is 15.0 Å². The second kappa shape index (κ2) is 5.08. The van der Waals surface area contributed by atoms with Crippen LogP contribution in [0.2, 0.25) is 0 Å². The number of amides is 1. The molecule has 2 heterocycles. The summed E-state index contributed by atoms with van der Waals surface area (Å²) < 4.78 is 0. The summed E-state index contributed by atoms with van der Waals surface area (Å²) >= 11 is 0. The zero-order chi connectivity index (χ0) is 16.0. The highest BCUT2D eigenvalue weighted by Gasteiger charge is 2.25. The first kappa shape index (κ1) is 13.8. The van der Waals surface area contributed by atoms with Crippen LogP contribution < -0.4 is 11.4 Å². The molecule has 0 spiro atoms. The maximum atomic E-state index is 11.6. The van der Waals surface area contributed by atoms with E-state index in [0.29, 0.717) is 11.2 Å². The fourth-order valence-electron chi connectivity index (χ4n) is 3.45. The molecule has 1 amide bonds. The lowest BCUT2D eigenvalue weighted by atomic mass is 9.81. The van der Waals surface area contributed by atoms with Crippen molar-refractivity contribution in [2.75, 3.05) is 0 Å². The lowest BCUT2D eigenvalue weighted by Gasteiger charge is -2.23. The smallest absolute Gasteiger partial charge is 0.325 e. The Morgan fingerprint density at radius 3 is 2.96 bits per heavy atom. The van der Waals surface area contributed by atoms with E-state index in [1.54, 1.807) is 6.20 Å². The van der Waals surface area contributed by atoms with Gasteiger partial charge in [-0.2, -0.15) is 0 Å². The maximum Gasteiger partial charge on any atom is 0.325 e. The van der Waals surface area contributed by atoms with Gasteiger partial charge in [0.15, 0.2) is 5.65 Å². The number of fused-ring (bicyclic) bond motifs is 2. The number of carbonyl (C=O) groups is 1. The van der Waals surface area contributed by atoms with Gasteiger partial charge in [0, 0.05) is 11.8 Å². The summed E-state index contributed by atoms with van der Waals surface area (Å²) in [6.07, 6.45) is 4.38. The highest BCUT2D eigenvalue weighted by atomic mass is 16.1. The van der Waals surface area contributed by atoms with E-state index in [-0.39, 0.29) is 17.5 Å². The number of aromatic amines is 2. The minimum Gasteiger partial charge on any atom is -0.369 e. The monoisotopic (exact) mass is 308 g/mol. The van der Waals surface area contributed by atoms with Gasteiger partial charge < -0.3 is 10.7 Å². The van der Waals surface area contributed by atoms with E-state index in [1.165, 1.54) is 0 Å². The molecule has 3 aromatic rings. The summed E-state index contributed by atoms with van der Waals surface area (Å²) in [6.45, 7) is 0. The number of benzene rings is 1. The first-order valence-electron chi connectivity index (χ1n) is 7.63. The summed E-state index contributed by atoms with van der Waals surface area (Å²) in [6, 6.07) is 7.92. The molecule has 0 radical (unpaired) electrons. The molecule has 1 atom stereocenters. The van der Waals surface area contributed by atoms with Gasteiger partial charge in [-0.1, -0.05) is 18.2 Å². The standard InChI is InChI=1S/C17H16N4O2/c18-15(22)13-3-1-2-9-8-10(4-5-11(9)13)12-6-7-19-16-14(12)20-17(23)21-16/h4-8,13H,1-3H2,(H2,18,22)(H2,19,20,21,23). The van der Waals surface area contributed by atoms with Gasteiger partial charge in [-0.15, -0.1) is 0 Å². The van der Waals surface area contributed by atoms with Crippen LogP contribution in [0.4, 0.5) is 0 Å². The lowest BCUT2D eigenvalue weighted by molar-refractivity contribution is -0.119. The fraction of sp³-hybridized carbons (Fsp3) is 0.235. The van der Waals surface area contributed by atoms with Crippen molar-refractivity contribution in [2.45, 2.75) is 25.2 Å². The van der Waals surface area contributed by atoms with E-state index >= 15 is 0 Å². The Bertz CT molecular complexity index is 970. The van der Waals surface area contributed by atoms with Crippen molar-refractivity contribution in [3.63, 3.8) is 0 Å². The number of primary amides is 1. The number of nitrogens with zero attached hydrogens (tertiary/aromatic N) is 1. The third kappa shape index (κ3) is 2.23. The Kier molecular flexibility index (Phi) is 3.04. The number of aryl methyl sites for hydroxylation is 1. The van der Waals surface area contributed by atoms with Gasteiger partial charge in [0.2, 0.25) is 5.91 Å². The molecule has 6 nitrogen and oxygen atoms in total. The normalized spacial score (nSPS) is 17.1. The quantitative estimate of drug-likeness (QED) is 0.672. The molecule has 4 rings (SSSR count). The molecule has 0 aliphatic heterocycles. The van der Waals surface area contributed by atoms with Gasteiger partial charge in [0.05, 0.1) is 11.4 Å². The summed E-state index contributed by atoms with van der Waals surface area (Å²) in [7, 11) is 0. The number of H-pyrrole nitrogens is 2. The summed E-state index contributed by atoms with van der Waals surface area (Å²) in [4.78, 5) is 32.8. The van der Waals surface area contributed by atoms with E-state index in [9.17, 15) is 9.59 Å². The molecule has 0 bridgehead atoms. The summed E-state index contributed by atoms with van der Waals surface area (Å²) in [5, 5.41) is 0. The first-order valence-corrected chi connectivity index (χ1v) is 7.63. The molecule has 0 fully saturated rings. The Balaban J connectivity index is 1.87. The predicted molar refractivity (Wildman–Crippen MR) is 87.0 cm³/mol. The predicted octanol–water partition coefficient (Wildman–Crippen LogP) is 1.82. The average molecular weight is 308 g/mol. The maximum absolute atomic E-state index is 11.6. The Labute approximate surface area is 131 Å². The topological polar surface area (TPSA) is 105 Å². The number of hydrogen-bond donors (Lipinski definition) is 3. The van der Waals surface area contributed by atoms with Crippen molar-refractivity contribution in [2.24, 2.45) is 5.73 Å². The zero-order valence-corrected chi connectivity index (χ0v) is 12.4. The number of nitrogens with one attached hydrogen (secondary N) is 2. The average Bonchev–Trinajstić information content (AvgIpc) is 2.93. The van der Waals surface area contributed by atoms with Crippen LogP contribution in [0.5, 0.6) is 0 Å². The lowest BCUT2D eigenvalue weighted by Crippen LogP contribution is -2.25. The number of imidazole rings is 1. The minimum atomic E-state index is -0.272. The fourth-order valence-corrected chi connectivity index (χ4v) is 3.45. The second-order valence-corrected chi connectivity index (χ2v) is 5.92. The molecule has 4 N–H and O–H groups in total. The molecule has 1 aliphatic rings. The molecule has 0 saturated heterocycles. The summed E-state index contributed by atoms with van der Waals surface area (Å²) in [5.41, 5.74) is 10.6. The van der Waals surface area contributed by atoms with Gasteiger partial charge in [-0.25, -0.2) is 9.78 Å². The van der Waals surface area contributed by atoms with Gasteiger partial charge >= 0.3 is 5.69 Å². The van der Waals surface area contributed by atoms with Gasteiger partial charge in [0.1, 0.15) is 0 Å². The molecule has 116 valence electrons. The van der Waals surface area contributed by atoms with Crippen molar-refractivity contribution in [1.29, 1.82) is 0 Å². The Morgan fingerprint density at radius 2 is 2.13 bits per heavy atom. The van der Waals surface area contributed by atoms with E-state index < -0.39 is 0 Å². The number of nitrogens with two attached hydrogens (primary N) is 1. The van der Waals surface area contributed by atoms with E-state index in [4.69, 9.17) is 5.73 Å². The van der Waals surface area contributed by atoms with Crippen LogP contribution in [0.15, 0.2) is 35.3 Å². The number of hydrogen-bond acceptors (Lipinski definition) is 3. The van der Waals surface area contributed by atoms with Crippen LogP contribution >= 0.6 is 0 Å². The zero-order valence-electron chi connectivity index (χ0n) is 12.4. The molecular formula is C17H16N4O2. The van der Waals surface area contributed by atoms with Crippen molar-refractivity contribution in [3.05, 3.63) is 52.1 Å². The van der Waals surface area contributed by atoms with E-state index in [2.05, 4.69) is 21.0 Å². The van der Waals surface area contributed by atoms with Crippen molar-refractivity contribution >= 4 is 17.1 Å². The highest BCUT2D eigenvalue weighted by molar-refractivity contribution is 5.90. The molecule has 1 unspecified atom stereocenters. The van der Waals surface area contributed by atoms with Crippen LogP contribution in [0.25, 0.3) is 22.3 Å². The molecule has 0 saturated carbocycles. The molecule has 1 aromatic carbocycles.